The molecule has 6 heteroatoms. The minimum absolute atomic E-state index is 0.0326. The van der Waals surface area contributed by atoms with Crippen LogP contribution < -0.4 is 10.1 Å². The number of rotatable bonds is 5. The first-order valence-electron chi connectivity index (χ1n) is 6.10. The maximum Gasteiger partial charge on any atom is 0.311 e. The van der Waals surface area contributed by atoms with Gasteiger partial charge in [0, 0.05) is 25.0 Å². The Morgan fingerprint density at radius 1 is 1.35 bits per heavy atom. The SMILES string of the molecule is CNc1ccnc(COc2ccc(C)cc2[N+](=O)[O-])c1. The molecule has 0 saturated carbocycles. The number of anilines is 1. The molecule has 0 radical (unpaired) electrons. The van der Waals surface area contributed by atoms with Crippen LogP contribution in [0.4, 0.5) is 11.4 Å². The number of nitro benzene ring substituents is 1. The fourth-order valence-electron chi connectivity index (χ4n) is 1.76. The van der Waals surface area contributed by atoms with Gasteiger partial charge in [0.2, 0.25) is 0 Å². The van der Waals surface area contributed by atoms with Crippen LogP contribution in [-0.2, 0) is 6.61 Å². The summed E-state index contributed by atoms with van der Waals surface area (Å²) in [5.41, 5.74) is 2.40. The first kappa shape index (κ1) is 13.8. The smallest absolute Gasteiger partial charge is 0.311 e. The molecule has 0 amide bonds. The van der Waals surface area contributed by atoms with E-state index >= 15 is 0 Å². The quantitative estimate of drug-likeness (QED) is 0.669. The Bertz CT molecular complexity index is 629. The van der Waals surface area contributed by atoms with Gasteiger partial charge in [0.25, 0.3) is 0 Å². The average Bonchev–Trinajstić information content (AvgIpc) is 2.46. The molecule has 104 valence electrons. The summed E-state index contributed by atoms with van der Waals surface area (Å²) in [6.45, 7) is 1.98. The van der Waals surface area contributed by atoms with Gasteiger partial charge in [-0.2, -0.15) is 0 Å². The highest BCUT2D eigenvalue weighted by molar-refractivity contribution is 5.48. The summed E-state index contributed by atoms with van der Waals surface area (Å²) in [5, 5.41) is 14.0. The van der Waals surface area contributed by atoms with Gasteiger partial charge in [-0.05, 0) is 30.7 Å². The van der Waals surface area contributed by atoms with Crippen LogP contribution >= 0.6 is 0 Å². The summed E-state index contributed by atoms with van der Waals surface area (Å²) in [6, 6.07) is 8.54. The van der Waals surface area contributed by atoms with E-state index in [1.807, 2.05) is 19.2 Å². The van der Waals surface area contributed by atoms with Gasteiger partial charge in [-0.1, -0.05) is 6.07 Å². The lowest BCUT2D eigenvalue weighted by atomic mass is 10.2. The van der Waals surface area contributed by atoms with E-state index in [9.17, 15) is 10.1 Å². The second-order valence-electron chi connectivity index (χ2n) is 4.30. The van der Waals surface area contributed by atoms with Crippen LogP contribution in [0, 0.1) is 17.0 Å². The van der Waals surface area contributed by atoms with E-state index in [-0.39, 0.29) is 18.0 Å². The first-order chi connectivity index (χ1) is 9.60. The summed E-state index contributed by atoms with van der Waals surface area (Å²) < 4.78 is 5.51. The van der Waals surface area contributed by atoms with Crippen molar-refractivity contribution in [1.82, 2.24) is 4.98 Å². The van der Waals surface area contributed by atoms with Crippen LogP contribution in [0.1, 0.15) is 11.3 Å². The van der Waals surface area contributed by atoms with Gasteiger partial charge in [-0.3, -0.25) is 15.1 Å². The second-order valence-corrected chi connectivity index (χ2v) is 4.30. The number of nitrogens with zero attached hydrogens (tertiary/aromatic N) is 2. The molecular weight excluding hydrogens is 258 g/mol. The monoisotopic (exact) mass is 273 g/mol. The summed E-state index contributed by atoms with van der Waals surface area (Å²) in [7, 11) is 1.81. The Balaban J connectivity index is 2.16. The fourth-order valence-corrected chi connectivity index (χ4v) is 1.76. The van der Waals surface area contributed by atoms with E-state index in [2.05, 4.69) is 10.3 Å². The van der Waals surface area contributed by atoms with Gasteiger partial charge in [-0.15, -0.1) is 0 Å². The molecular formula is C14H15N3O3. The van der Waals surface area contributed by atoms with Gasteiger partial charge >= 0.3 is 5.69 Å². The van der Waals surface area contributed by atoms with Crippen LogP contribution in [0.25, 0.3) is 0 Å². The number of hydrogen-bond acceptors (Lipinski definition) is 5. The Morgan fingerprint density at radius 3 is 2.85 bits per heavy atom. The number of ether oxygens (including phenoxy) is 1. The maximum atomic E-state index is 11.0. The highest BCUT2D eigenvalue weighted by Gasteiger charge is 2.15. The molecule has 0 aliphatic rings. The number of nitrogens with one attached hydrogen (secondary N) is 1. The summed E-state index contributed by atoms with van der Waals surface area (Å²) >= 11 is 0. The van der Waals surface area contributed by atoms with E-state index in [1.165, 1.54) is 6.07 Å². The number of benzene rings is 1. The number of aromatic nitrogens is 1. The van der Waals surface area contributed by atoms with Crippen LogP contribution in [0.15, 0.2) is 36.5 Å². The van der Waals surface area contributed by atoms with Crippen molar-refractivity contribution in [2.75, 3.05) is 12.4 Å². The Kier molecular flexibility index (Phi) is 4.14. The molecule has 6 nitrogen and oxygen atoms in total. The third-order valence-electron chi connectivity index (χ3n) is 2.79. The average molecular weight is 273 g/mol. The third-order valence-corrected chi connectivity index (χ3v) is 2.79. The zero-order valence-corrected chi connectivity index (χ0v) is 11.3. The number of hydrogen-bond donors (Lipinski definition) is 1. The van der Waals surface area contributed by atoms with Crippen LogP contribution in [0.2, 0.25) is 0 Å². The maximum absolute atomic E-state index is 11.0. The predicted octanol–water partition coefficient (Wildman–Crippen LogP) is 2.92. The molecule has 0 saturated heterocycles. The molecule has 2 aromatic rings. The topological polar surface area (TPSA) is 77.3 Å². The number of pyridine rings is 1. The Labute approximate surface area is 116 Å². The van der Waals surface area contributed by atoms with Crippen LogP contribution in [0.5, 0.6) is 5.75 Å². The van der Waals surface area contributed by atoms with E-state index in [4.69, 9.17) is 4.74 Å². The summed E-state index contributed by atoms with van der Waals surface area (Å²) in [5.74, 6) is 0.247. The van der Waals surface area contributed by atoms with Crippen molar-refractivity contribution < 1.29 is 9.66 Å². The molecule has 0 fully saturated rings. The molecule has 0 aliphatic heterocycles. The van der Waals surface area contributed by atoms with Gasteiger partial charge in [0.15, 0.2) is 5.75 Å². The molecule has 0 atom stereocenters. The van der Waals surface area contributed by atoms with Crippen molar-refractivity contribution in [1.29, 1.82) is 0 Å². The van der Waals surface area contributed by atoms with Gasteiger partial charge in [-0.25, -0.2) is 0 Å². The lowest BCUT2D eigenvalue weighted by Gasteiger charge is -2.08. The van der Waals surface area contributed by atoms with Gasteiger partial charge < -0.3 is 10.1 Å². The molecule has 20 heavy (non-hydrogen) atoms. The minimum atomic E-state index is -0.445. The molecule has 0 bridgehead atoms. The number of aryl methyl sites for hydroxylation is 1. The molecule has 0 spiro atoms. The van der Waals surface area contributed by atoms with Gasteiger partial charge in [0.05, 0.1) is 10.6 Å². The Morgan fingerprint density at radius 2 is 2.15 bits per heavy atom. The lowest BCUT2D eigenvalue weighted by molar-refractivity contribution is -0.386. The molecule has 0 unspecified atom stereocenters. The summed E-state index contributed by atoms with van der Waals surface area (Å²) in [4.78, 5) is 14.7. The van der Waals surface area contributed by atoms with Crippen LogP contribution in [0.3, 0.4) is 0 Å². The number of nitro groups is 1. The zero-order chi connectivity index (χ0) is 14.5. The zero-order valence-electron chi connectivity index (χ0n) is 11.3. The van der Waals surface area contributed by atoms with Gasteiger partial charge in [0.1, 0.15) is 6.61 Å². The largest absolute Gasteiger partial charge is 0.480 e. The molecule has 1 aromatic heterocycles. The van der Waals surface area contributed by atoms with E-state index < -0.39 is 4.92 Å². The highest BCUT2D eigenvalue weighted by atomic mass is 16.6. The molecule has 2 rings (SSSR count). The minimum Gasteiger partial charge on any atom is -0.480 e. The Hall–Kier alpha value is -2.63. The molecule has 1 heterocycles. The highest BCUT2D eigenvalue weighted by Crippen LogP contribution is 2.28. The lowest BCUT2D eigenvalue weighted by Crippen LogP contribution is -2.02. The van der Waals surface area contributed by atoms with Crippen molar-refractivity contribution in [3.63, 3.8) is 0 Å². The predicted molar refractivity (Wildman–Crippen MR) is 75.9 cm³/mol. The van der Waals surface area contributed by atoms with Crippen molar-refractivity contribution >= 4 is 11.4 Å². The normalized spacial score (nSPS) is 10.1. The van der Waals surface area contributed by atoms with Crippen molar-refractivity contribution in [3.8, 4) is 5.75 Å². The third kappa shape index (κ3) is 3.23. The molecule has 1 N–H and O–H groups in total. The van der Waals surface area contributed by atoms with Crippen LogP contribution in [-0.4, -0.2) is 17.0 Å². The standard InChI is InChI=1S/C14H15N3O3/c1-10-3-4-14(13(7-10)17(18)19)20-9-12-8-11(15-2)5-6-16-12/h3-8H,9H2,1-2H3,(H,15,16). The van der Waals surface area contributed by atoms with E-state index in [0.717, 1.165) is 11.3 Å². The van der Waals surface area contributed by atoms with E-state index in [0.29, 0.717) is 5.69 Å². The summed E-state index contributed by atoms with van der Waals surface area (Å²) in [6.07, 6.45) is 1.66. The fraction of sp³-hybridized carbons (Fsp3) is 0.214. The van der Waals surface area contributed by atoms with Crippen molar-refractivity contribution in [3.05, 3.63) is 57.9 Å². The molecule has 1 aromatic carbocycles. The second kappa shape index (κ2) is 6.01. The first-order valence-corrected chi connectivity index (χ1v) is 6.10. The van der Waals surface area contributed by atoms with Crippen molar-refractivity contribution in [2.45, 2.75) is 13.5 Å². The molecule has 0 aliphatic carbocycles. The van der Waals surface area contributed by atoms with Crippen molar-refractivity contribution in [2.24, 2.45) is 0 Å². The van der Waals surface area contributed by atoms with E-state index in [1.54, 1.807) is 25.3 Å².